The van der Waals surface area contributed by atoms with Crippen LogP contribution in [0.4, 0.5) is 0 Å². The highest BCUT2D eigenvalue weighted by atomic mass is 35.5. The second-order valence-corrected chi connectivity index (χ2v) is 5.72. The molecule has 0 spiro atoms. The zero-order valence-electron chi connectivity index (χ0n) is 10.5. The van der Waals surface area contributed by atoms with Gasteiger partial charge in [0.05, 0.1) is 5.60 Å². The van der Waals surface area contributed by atoms with Crippen LogP contribution in [0, 0.1) is 5.92 Å². The molecule has 0 saturated heterocycles. The molecule has 1 N–H and O–H groups in total. The highest BCUT2D eigenvalue weighted by Gasteiger charge is 2.34. The maximum absolute atomic E-state index is 10.8. The molecule has 1 aromatic carbocycles. The Morgan fingerprint density at radius 3 is 2.29 bits per heavy atom. The first-order valence-electron chi connectivity index (χ1n) is 6.60. The summed E-state index contributed by atoms with van der Waals surface area (Å²) in [7, 11) is 0. The Hall–Kier alpha value is -0.530. The molecule has 0 bridgehead atoms. The van der Waals surface area contributed by atoms with Crippen molar-refractivity contribution in [1.82, 2.24) is 0 Å². The normalized spacial score (nSPS) is 21.8. The minimum atomic E-state index is -0.789. The Morgan fingerprint density at radius 2 is 1.71 bits per heavy atom. The topological polar surface area (TPSA) is 20.2 Å². The predicted octanol–water partition coefficient (Wildman–Crippen LogP) is 4.52. The Labute approximate surface area is 109 Å². The van der Waals surface area contributed by atoms with Crippen LogP contribution in [-0.4, -0.2) is 5.11 Å². The van der Waals surface area contributed by atoms with Gasteiger partial charge >= 0.3 is 0 Å². The quantitative estimate of drug-likeness (QED) is 0.768. The largest absolute Gasteiger partial charge is 0.385 e. The van der Waals surface area contributed by atoms with Crippen LogP contribution in [0.15, 0.2) is 24.3 Å². The molecule has 2 rings (SSSR count). The molecule has 1 fully saturated rings. The fraction of sp³-hybridized carbons (Fsp3) is 0.600. The van der Waals surface area contributed by atoms with Crippen LogP contribution in [0.1, 0.15) is 51.0 Å². The van der Waals surface area contributed by atoms with Crippen molar-refractivity contribution in [2.45, 2.75) is 51.0 Å². The number of hydrogen-bond acceptors (Lipinski definition) is 1. The van der Waals surface area contributed by atoms with E-state index in [1.54, 1.807) is 0 Å². The summed E-state index contributed by atoms with van der Waals surface area (Å²) in [6.45, 7) is 1.92. The summed E-state index contributed by atoms with van der Waals surface area (Å²) in [5.74, 6) is 0.338. The molecule has 1 aliphatic rings. The summed E-state index contributed by atoms with van der Waals surface area (Å²) in [5, 5.41) is 11.5. The van der Waals surface area contributed by atoms with E-state index in [1.807, 2.05) is 31.2 Å². The van der Waals surface area contributed by atoms with Gasteiger partial charge < -0.3 is 5.11 Å². The smallest absolute Gasteiger partial charge is 0.0910 e. The fourth-order valence-electron chi connectivity index (χ4n) is 2.93. The first-order valence-corrected chi connectivity index (χ1v) is 6.97. The van der Waals surface area contributed by atoms with Crippen molar-refractivity contribution >= 4 is 11.6 Å². The summed E-state index contributed by atoms with van der Waals surface area (Å²) >= 11 is 6.21. The number of rotatable bonds is 2. The second-order valence-electron chi connectivity index (χ2n) is 5.32. The maximum Gasteiger partial charge on any atom is 0.0910 e. The van der Waals surface area contributed by atoms with Crippen LogP contribution < -0.4 is 0 Å². The summed E-state index contributed by atoms with van der Waals surface area (Å²) < 4.78 is 0. The Kier molecular flexibility index (Phi) is 4.11. The Bertz CT molecular complexity index is 365. The van der Waals surface area contributed by atoms with Crippen molar-refractivity contribution in [1.29, 1.82) is 0 Å². The highest BCUT2D eigenvalue weighted by Crippen LogP contribution is 2.40. The molecule has 2 heteroatoms. The van der Waals surface area contributed by atoms with Crippen LogP contribution in [0.5, 0.6) is 0 Å². The number of halogens is 1. The lowest BCUT2D eigenvalue weighted by Crippen LogP contribution is -2.31. The van der Waals surface area contributed by atoms with E-state index in [4.69, 9.17) is 11.6 Å². The van der Waals surface area contributed by atoms with E-state index in [9.17, 15) is 5.11 Å². The Morgan fingerprint density at radius 1 is 1.12 bits per heavy atom. The van der Waals surface area contributed by atoms with Crippen LogP contribution in [0.2, 0.25) is 5.02 Å². The van der Waals surface area contributed by atoms with E-state index in [0.29, 0.717) is 10.9 Å². The molecule has 0 amide bonds. The lowest BCUT2D eigenvalue weighted by molar-refractivity contribution is -0.0125. The van der Waals surface area contributed by atoms with Crippen molar-refractivity contribution in [2.24, 2.45) is 5.92 Å². The van der Waals surface area contributed by atoms with Gasteiger partial charge in [0.1, 0.15) is 0 Å². The van der Waals surface area contributed by atoms with Crippen molar-refractivity contribution in [2.75, 3.05) is 0 Å². The molecular weight excluding hydrogens is 232 g/mol. The van der Waals surface area contributed by atoms with E-state index < -0.39 is 5.60 Å². The number of hydrogen-bond donors (Lipinski definition) is 1. The number of aliphatic hydroxyl groups is 1. The Balaban J connectivity index is 2.25. The van der Waals surface area contributed by atoms with Crippen LogP contribution >= 0.6 is 11.6 Å². The van der Waals surface area contributed by atoms with Gasteiger partial charge in [-0.1, -0.05) is 55.5 Å². The third kappa shape index (κ3) is 2.83. The molecule has 17 heavy (non-hydrogen) atoms. The monoisotopic (exact) mass is 252 g/mol. The first kappa shape index (κ1) is 12.9. The average Bonchev–Trinajstić information content (AvgIpc) is 2.58. The zero-order chi connectivity index (χ0) is 12.3. The summed E-state index contributed by atoms with van der Waals surface area (Å²) in [6.07, 6.45) is 7.27. The third-order valence-corrected chi connectivity index (χ3v) is 4.40. The van der Waals surface area contributed by atoms with Crippen molar-refractivity contribution in [3.05, 3.63) is 34.9 Å². The molecule has 1 saturated carbocycles. The van der Waals surface area contributed by atoms with Crippen molar-refractivity contribution in [3.8, 4) is 0 Å². The van der Waals surface area contributed by atoms with Gasteiger partial charge in [-0.15, -0.1) is 0 Å². The van der Waals surface area contributed by atoms with Gasteiger partial charge in [0.2, 0.25) is 0 Å². The first-order chi connectivity index (χ1) is 8.12. The molecule has 1 aromatic rings. The summed E-state index contributed by atoms with van der Waals surface area (Å²) in [6, 6.07) is 7.68. The van der Waals surface area contributed by atoms with Crippen molar-refractivity contribution in [3.63, 3.8) is 0 Å². The van der Waals surface area contributed by atoms with Gasteiger partial charge in [-0.3, -0.25) is 0 Å². The van der Waals surface area contributed by atoms with Gasteiger partial charge in [-0.2, -0.15) is 0 Å². The van der Waals surface area contributed by atoms with E-state index in [1.165, 1.54) is 25.7 Å². The number of benzene rings is 1. The van der Waals surface area contributed by atoms with Gasteiger partial charge in [-0.25, -0.2) is 0 Å². The minimum Gasteiger partial charge on any atom is -0.385 e. The second kappa shape index (κ2) is 5.41. The lowest BCUT2D eigenvalue weighted by atomic mass is 9.78. The van der Waals surface area contributed by atoms with Gasteiger partial charge in [0.15, 0.2) is 0 Å². The van der Waals surface area contributed by atoms with E-state index in [2.05, 4.69) is 0 Å². The molecule has 0 aliphatic heterocycles. The maximum atomic E-state index is 10.8. The molecule has 0 aromatic heterocycles. The minimum absolute atomic E-state index is 0.338. The van der Waals surface area contributed by atoms with Crippen LogP contribution in [0.25, 0.3) is 0 Å². The molecule has 1 unspecified atom stereocenters. The summed E-state index contributed by atoms with van der Waals surface area (Å²) in [5.41, 5.74) is 0.0939. The third-order valence-electron chi connectivity index (χ3n) is 4.07. The molecule has 1 nitrogen and oxygen atoms in total. The lowest BCUT2D eigenvalue weighted by Gasteiger charge is -2.33. The van der Waals surface area contributed by atoms with E-state index in [-0.39, 0.29) is 0 Å². The molecule has 1 atom stereocenters. The fourth-order valence-corrected chi connectivity index (χ4v) is 3.26. The van der Waals surface area contributed by atoms with Gasteiger partial charge in [0.25, 0.3) is 0 Å². The average molecular weight is 253 g/mol. The molecular formula is C15H21ClO. The summed E-state index contributed by atoms with van der Waals surface area (Å²) in [4.78, 5) is 0. The SMILES string of the molecule is CC(O)(c1ccccc1Cl)C1CCCCCC1. The molecule has 94 valence electrons. The highest BCUT2D eigenvalue weighted by molar-refractivity contribution is 6.31. The van der Waals surface area contributed by atoms with E-state index in [0.717, 1.165) is 18.4 Å². The molecule has 0 radical (unpaired) electrons. The predicted molar refractivity (Wildman–Crippen MR) is 72.2 cm³/mol. The van der Waals surface area contributed by atoms with Crippen molar-refractivity contribution < 1.29 is 5.11 Å². The molecule has 0 heterocycles. The standard InChI is InChI=1S/C15H21ClO/c1-15(17,12-8-4-2-3-5-9-12)13-10-6-7-11-14(13)16/h6-7,10-12,17H,2-5,8-9H2,1H3. The molecule has 1 aliphatic carbocycles. The van der Waals surface area contributed by atoms with Gasteiger partial charge in [-0.05, 0) is 31.7 Å². The van der Waals surface area contributed by atoms with Crippen LogP contribution in [0.3, 0.4) is 0 Å². The van der Waals surface area contributed by atoms with Crippen LogP contribution in [-0.2, 0) is 5.60 Å². The van der Waals surface area contributed by atoms with E-state index >= 15 is 0 Å². The zero-order valence-corrected chi connectivity index (χ0v) is 11.2. The van der Waals surface area contributed by atoms with Gasteiger partial charge in [0, 0.05) is 10.6 Å².